The maximum Gasteiger partial charge on any atom is 0.177 e. The second kappa shape index (κ2) is 9.28. The van der Waals surface area contributed by atoms with Crippen LogP contribution in [0.3, 0.4) is 0 Å². The molecule has 1 unspecified atom stereocenters. The first-order valence-electron chi connectivity index (χ1n) is 6.78. The fraction of sp³-hybridized carbons (Fsp3) is 0.467. The molecule has 0 aliphatic heterocycles. The molecular formula is C15H23N2O2+. The molecule has 4 heteroatoms. The molecule has 0 radical (unpaired) electrons. The Morgan fingerprint density at radius 2 is 2.00 bits per heavy atom. The van der Waals surface area contributed by atoms with Crippen molar-refractivity contribution in [2.45, 2.75) is 32.2 Å². The lowest BCUT2D eigenvalue weighted by Gasteiger charge is -2.13. The topological polar surface area (TPSA) is 54.1 Å². The van der Waals surface area contributed by atoms with Crippen LogP contribution in [0.2, 0.25) is 0 Å². The van der Waals surface area contributed by atoms with Crippen molar-refractivity contribution < 1.29 is 14.9 Å². The molecule has 0 amide bonds. The summed E-state index contributed by atoms with van der Waals surface area (Å²) in [5, 5.41) is 10.9. The summed E-state index contributed by atoms with van der Waals surface area (Å²) in [6, 6.07) is 10.5. The number of rotatable bonds is 9. The fourth-order valence-corrected chi connectivity index (χ4v) is 2.06. The van der Waals surface area contributed by atoms with Crippen molar-refractivity contribution in [2.75, 3.05) is 13.6 Å². The molecule has 104 valence electrons. The number of oxime groups is 1. The smallest absolute Gasteiger partial charge is 0.177 e. The van der Waals surface area contributed by atoms with Gasteiger partial charge >= 0.3 is 0 Å². The molecule has 0 heterocycles. The van der Waals surface area contributed by atoms with Crippen LogP contribution in [-0.4, -0.2) is 30.8 Å². The molecule has 0 saturated carbocycles. The van der Waals surface area contributed by atoms with Crippen LogP contribution in [0.4, 0.5) is 0 Å². The summed E-state index contributed by atoms with van der Waals surface area (Å²) in [7, 11) is 2.19. The van der Waals surface area contributed by atoms with E-state index in [9.17, 15) is 4.79 Å². The van der Waals surface area contributed by atoms with E-state index in [0.29, 0.717) is 6.42 Å². The van der Waals surface area contributed by atoms with Crippen LogP contribution in [0, 0.1) is 0 Å². The third-order valence-electron chi connectivity index (χ3n) is 3.08. The highest BCUT2D eigenvalue weighted by atomic mass is 16.4. The lowest BCUT2D eigenvalue weighted by atomic mass is 10.1. The van der Waals surface area contributed by atoms with Gasteiger partial charge in [0.2, 0.25) is 0 Å². The van der Waals surface area contributed by atoms with Crippen molar-refractivity contribution in [3.05, 3.63) is 35.9 Å². The zero-order valence-corrected chi connectivity index (χ0v) is 11.5. The van der Waals surface area contributed by atoms with Gasteiger partial charge in [-0.2, -0.15) is 0 Å². The van der Waals surface area contributed by atoms with Gasteiger partial charge in [-0.25, -0.2) is 0 Å². The van der Waals surface area contributed by atoms with Crippen molar-refractivity contribution in [3.63, 3.8) is 0 Å². The lowest BCUT2D eigenvalue weighted by Crippen LogP contribution is -3.07. The van der Waals surface area contributed by atoms with E-state index in [4.69, 9.17) is 5.21 Å². The second-order valence-electron chi connectivity index (χ2n) is 4.89. The molecule has 0 aliphatic rings. The average Bonchev–Trinajstić information content (AvgIpc) is 2.40. The van der Waals surface area contributed by atoms with Crippen molar-refractivity contribution in [1.29, 1.82) is 0 Å². The van der Waals surface area contributed by atoms with Crippen molar-refractivity contribution in [1.82, 2.24) is 0 Å². The molecule has 1 aromatic rings. The van der Waals surface area contributed by atoms with Gasteiger partial charge in [0.25, 0.3) is 0 Å². The Kier molecular flexibility index (Phi) is 7.51. The first kappa shape index (κ1) is 15.4. The molecule has 1 aromatic carbocycles. The summed E-state index contributed by atoms with van der Waals surface area (Å²) in [6.07, 6.45) is 4.47. The van der Waals surface area contributed by atoms with Crippen LogP contribution in [0.5, 0.6) is 0 Å². The minimum absolute atomic E-state index is 0.104. The number of carbonyl (C=O) groups excluding carboxylic acids is 1. The van der Waals surface area contributed by atoms with E-state index < -0.39 is 0 Å². The Labute approximate surface area is 114 Å². The monoisotopic (exact) mass is 263 g/mol. The molecule has 4 nitrogen and oxygen atoms in total. The van der Waals surface area contributed by atoms with Gasteiger partial charge < -0.3 is 10.1 Å². The van der Waals surface area contributed by atoms with Gasteiger partial charge in [-0.15, -0.1) is 0 Å². The molecule has 1 rings (SSSR count). The average molecular weight is 263 g/mol. The maximum atomic E-state index is 11.1. The van der Waals surface area contributed by atoms with E-state index in [-0.39, 0.29) is 5.78 Å². The molecule has 2 N–H and O–H groups in total. The molecule has 0 aromatic heterocycles. The first-order valence-corrected chi connectivity index (χ1v) is 6.78. The predicted molar refractivity (Wildman–Crippen MR) is 75.7 cm³/mol. The number of carbonyl (C=O) groups is 1. The summed E-state index contributed by atoms with van der Waals surface area (Å²) in [5.74, 6) is -0.104. The minimum atomic E-state index is -0.104. The highest BCUT2D eigenvalue weighted by Crippen LogP contribution is 1.99. The Morgan fingerprint density at radius 3 is 2.68 bits per heavy atom. The number of hydrogen-bond donors (Lipinski definition) is 2. The number of unbranched alkanes of at least 4 members (excludes halogenated alkanes) is 2. The molecule has 0 spiro atoms. The SMILES string of the molecule is C[NH+](CCCCCC(=O)/C=N\O)Cc1ccccc1. The van der Waals surface area contributed by atoms with Crippen LogP contribution in [0.25, 0.3) is 0 Å². The number of Topliss-reactive ketones (excluding diaryl/α,β-unsaturated/α-hetero) is 1. The Morgan fingerprint density at radius 1 is 1.26 bits per heavy atom. The normalized spacial score (nSPS) is 12.7. The highest BCUT2D eigenvalue weighted by molar-refractivity contribution is 6.27. The van der Waals surface area contributed by atoms with E-state index in [0.717, 1.165) is 38.6 Å². The van der Waals surface area contributed by atoms with E-state index >= 15 is 0 Å². The van der Waals surface area contributed by atoms with Gasteiger partial charge in [0, 0.05) is 12.0 Å². The van der Waals surface area contributed by atoms with Gasteiger partial charge in [0.1, 0.15) is 12.8 Å². The van der Waals surface area contributed by atoms with E-state index in [2.05, 4.69) is 36.5 Å². The summed E-state index contributed by atoms with van der Waals surface area (Å²) in [4.78, 5) is 12.5. The van der Waals surface area contributed by atoms with Crippen molar-refractivity contribution in [2.24, 2.45) is 5.16 Å². The quantitative estimate of drug-likeness (QED) is 0.305. The lowest BCUT2D eigenvalue weighted by molar-refractivity contribution is -0.894. The number of nitrogens with zero attached hydrogens (tertiary/aromatic N) is 1. The third kappa shape index (κ3) is 7.36. The van der Waals surface area contributed by atoms with E-state index in [1.807, 2.05) is 6.07 Å². The minimum Gasteiger partial charge on any atom is -0.411 e. The molecule has 0 saturated heterocycles. The fourth-order valence-electron chi connectivity index (χ4n) is 2.06. The van der Waals surface area contributed by atoms with Crippen LogP contribution in [0.15, 0.2) is 35.5 Å². The third-order valence-corrected chi connectivity index (χ3v) is 3.08. The van der Waals surface area contributed by atoms with Crippen LogP contribution >= 0.6 is 0 Å². The zero-order valence-electron chi connectivity index (χ0n) is 11.5. The van der Waals surface area contributed by atoms with E-state index in [1.54, 1.807) is 0 Å². The van der Waals surface area contributed by atoms with Crippen molar-refractivity contribution >= 4 is 12.0 Å². The number of quaternary nitrogens is 1. The molecule has 0 fully saturated rings. The summed E-state index contributed by atoms with van der Waals surface area (Å²) in [6.45, 7) is 2.15. The Balaban J connectivity index is 2.08. The molecule has 0 aliphatic carbocycles. The largest absolute Gasteiger partial charge is 0.411 e. The number of nitrogens with one attached hydrogen (secondary N) is 1. The van der Waals surface area contributed by atoms with Gasteiger partial charge in [0.15, 0.2) is 5.78 Å². The number of benzene rings is 1. The van der Waals surface area contributed by atoms with Gasteiger partial charge in [-0.3, -0.25) is 4.79 Å². The number of ketones is 1. The van der Waals surface area contributed by atoms with Gasteiger partial charge in [0.05, 0.1) is 13.6 Å². The van der Waals surface area contributed by atoms with Gasteiger partial charge in [-0.1, -0.05) is 35.5 Å². The van der Waals surface area contributed by atoms with Crippen LogP contribution in [-0.2, 0) is 11.3 Å². The van der Waals surface area contributed by atoms with Crippen LogP contribution < -0.4 is 4.90 Å². The first-order chi connectivity index (χ1) is 9.22. The van der Waals surface area contributed by atoms with Crippen LogP contribution in [0.1, 0.15) is 31.2 Å². The Hall–Kier alpha value is -1.68. The molecule has 0 bridgehead atoms. The molecule has 19 heavy (non-hydrogen) atoms. The summed E-state index contributed by atoms with van der Waals surface area (Å²) < 4.78 is 0. The highest BCUT2D eigenvalue weighted by Gasteiger charge is 2.03. The molecular weight excluding hydrogens is 240 g/mol. The predicted octanol–water partition coefficient (Wildman–Crippen LogP) is 1.29. The van der Waals surface area contributed by atoms with Gasteiger partial charge in [-0.05, 0) is 19.3 Å². The summed E-state index contributed by atoms with van der Waals surface area (Å²) >= 11 is 0. The maximum absolute atomic E-state index is 11.1. The van der Waals surface area contributed by atoms with Crippen molar-refractivity contribution in [3.8, 4) is 0 Å². The van der Waals surface area contributed by atoms with E-state index in [1.165, 1.54) is 10.5 Å². The molecule has 1 atom stereocenters. The Bertz CT molecular complexity index is 390. The second-order valence-corrected chi connectivity index (χ2v) is 4.89. The number of hydrogen-bond acceptors (Lipinski definition) is 3. The summed E-state index contributed by atoms with van der Waals surface area (Å²) in [5.41, 5.74) is 1.36. The standard InChI is InChI=1S/C15H22N2O2/c1-17(13-14-8-4-2-5-9-14)11-7-3-6-10-15(18)12-16-19/h2,4-5,8-9,12,19H,3,6-7,10-11,13H2,1H3/p+1/b16-12-. The zero-order chi connectivity index (χ0) is 13.9.